The van der Waals surface area contributed by atoms with Gasteiger partial charge in [0.05, 0.1) is 0 Å². The molecule has 0 aromatic heterocycles. The zero-order valence-corrected chi connectivity index (χ0v) is 14.3. The minimum absolute atomic E-state index is 0.0990. The lowest BCUT2D eigenvalue weighted by molar-refractivity contribution is 0.251. The van der Waals surface area contributed by atoms with Crippen molar-refractivity contribution in [2.45, 2.75) is 31.8 Å². The average molecular weight is 351 g/mol. The molecule has 4 nitrogen and oxygen atoms in total. The minimum Gasteiger partial charge on any atom is -0.195 e. The van der Waals surface area contributed by atoms with E-state index in [9.17, 15) is 8.42 Å². The van der Waals surface area contributed by atoms with Gasteiger partial charge in [-0.3, -0.25) is 0 Å². The van der Waals surface area contributed by atoms with Gasteiger partial charge in [-0.2, -0.15) is 17.0 Å². The molecule has 1 aromatic carbocycles. The van der Waals surface area contributed by atoms with Crippen LogP contribution < -0.4 is 0 Å². The van der Waals surface area contributed by atoms with E-state index in [1.807, 2.05) is 12.1 Å². The van der Waals surface area contributed by atoms with Crippen molar-refractivity contribution in [2.75, 3.05) is 19.5 Å². The Labute approximate surface area is 136 Å². The summed E-state index contributed by atoms with van der Waals surface area (Å²) in [6, 6.07) is 7.10. The Balaban J connectivity index is 2.12. The van der Waals surface area contributed by atoms with E-state index < -0.39 is 10.2 Å². The third kappa shape index (κ3) is 4.11. The smallest absolute Gasteiger partial charge is 0.195 e. The van der Waals surface area contributed by atoms with Crippen LogP contribution in [0, 0.1) is 0 Å². The molecule has 0 saturated carbocycles. The molecule has 1 unspecified atom stereocenters. The van der Waals surface area contributed by atoms with Gasteiger partial charge in [-0.05, 0) is 30.5 Å². The van der Waals surface area contributed by atoms with Crippen molar-refractivity contribution in [3.63, 3.8) is 0 Å². The fourth-order valence-electron chi connectivity index (χ4n) is 2.54. The first-order chi connectivity index (χ1) is 9.95. The molecule has 0 aliphatic carbocycles. The first kappa shape index (κ1) is 17.0. The highest BCUT2D eigenvalue weighted by molar-refractivity contribution is 7.86. The third-order valence-electron chi connectivity index (χ3n) is 3.76. The minimum atomic E-state index is -3.48. The molecule has 1 aliphatic heterocycles. The molecule has 0 spiro atoms. The molecule has 0 N–H and O–H groups in total. The number of hydrogen-bond acceptors (Lipinski definition) is 2. The van der Waals surface area contributed by atoms with Gasteiger partial charge in [0, 0.05) is 37.1 Å². The Kier molecular flexibility index (Phi) is 5.91. The summed E-state index contributed by atoms with van der Waals surface area (Å²) in [4.78, 5) is 0. The second kappa shape index (κ2) is 7.29. The molecule has 0 radical (unpaired) electrons. The highest BCUT2D eigenvalue weighted by Gasteiger charge is 2.34. The average Bonchev–Trinajstić information content (AvgIpc) is 2.49. The summed E-state index contributed by atoms with van der Waals surface area (Å²) in [6.07, 6.45) is 2.75. The molecular formula is C14H20Cl2N2O2S. The molecule has 1 aliphatic rings. The monoisotopic (exact) mass is 350 g/mol. The van der Waals surface area contributed by atoms with Crippen LogP contribution in [0.4, 0.5) is 0 Å². The fraction of sp³-hybridized carbons (Fsp3) is 0.571. The summed E-state index contributed by atoms with van der Waals surface area (Å²) in [5.74, 6) is 0.341. The molecule has 2 rings (SSSR count). The van der Waals surface area contributed by atoms with E-state index in [-0.39, 0.29) is 6.04 Å². The van der Waals surface area contributed by atoms with Crippen LogP contribution in [-0.2, 0) is 16.8 Å². The molecule has 21 heavy (non-hydrogen) atoms. The van der Waals surface area contributed by atoms with Crippen molar-refractivity contribution >= 4 is 33.4 Å². The number of nitrogens with zero attached hydrogens (tertiary/aromatic N) is 2. The lowest BCUT2D eigenvalue weighted by Crippen LogP contribution is -2.50. The van der Waals surface area contributed by atoms with Gasteiger partial charge < -0.3 is 0 Å². The Morgan fingerprint density at radius 2 is 1.95 bits per heavy atom. The number of piperidine rings is 1. The van der Waals surface area contributed by atoms with Crippen molar-refractivity contribution in [3.05, 3.63) is 34.9 Å². The lowest BCUT2D eigenvalue weighted by atomic mass is 10.1. The van der Waals surface area contributed by atoms with Crippen molar-refractivity contribution in [3.8, 4) is 0 Å². The highest BCUT2D eigenvalue weighted by Crippen LogP contribution is 2.24. The Morgan fingerprint density at radius 3 is 2.57 bits per heavy atom. The molecule has 1 aromatic rings. The van der Waals surface area contributed by atoms with E-state index in [0.29, 0.717) is 24.0 Å². The van der Waals surface area contributed by atoms with E-state index in [1.165, 1.54) is 4.31 Å². The van der Waals surface area contributed by atoms with Crippen LogP contribution in [0.3, 0.4) is 0 Å². The van der Waals surface area contributed by atoms with Gasteiger partial charge in [0.25, 0.3) is 10.2 Å². The van der Waals surface area contributed by atoms with E-state index in [2.05, 4.69) is 0 Å². The van der Waals surface area contributed by atoms with Crippen molar-refractivity contribution < 1.29 is 8.42 Å². The number of benzene rings is 1. The molecule has 0 bridgehead atoms. The first-order valence-electron chi connectivity index (χ1n) is 6.98. The quantitative estimate of drug-likeness (QED) is 0.765. The van der Waals surface area contributed by atoms with Crippen molar-refractivity contribution in [2.24, 2.45) is 0 Å². The molecule has 118 valence electrons. The van der Waals surface area contributed by atoms with E-state index in [0.717, 1.165) is 24.8 Å². The second-order valence-corrected chi connectivity index (χ2v) is 8.04. The van der Waals surface area contributed by atoms with Crippen LogP contribution in [0.25, 0.3) is 0 Å². The van der Waals surface area contributed by atoms with Gasteiger partial charge in [0.1, 0.15) is 0 Å². The lowest BCUT2D eigenvalue weighted by Gasteiger charge is -2.36. The predicted molar refractivity (Wildman–Crippen MR) is 86.9 cm³/mol. The van der Waals surface area contributed by atoms with Gasteiger partial charge in [-0.25, -0.2) is 0 Å². The zero-order chi connectivity index (χ0) is 15.5. The molecule has 1 fully saturated rings. The third-order valence-corrected chi connectivity index (χ3v) is 6.36. The topological polar surface area (TPSA) is 40.6 Å². The predicted octanol–water partition coefficient (Wildman–Crippen LogP) is 3.11. The number of alkyl halides is 1. The number of rotatable bonds is 5. The largest absolute Gasteiger partial charge is 0.282 e. The zero-order valence-electron chi connectivity index (χ0n) is 12.0. The highest BCUT2D eigenvalue weighted by atomic mass is 35.5. The van der Waals surface area contributed by atoms with E-state index in [4.69, 9.17) is 23.2 Å². The van der Waals surface area contributed by atoms with Gasteiger partial charge in [0.15, 0.2) is 0 Å². The van der Waals surface area contributed by atoms with Crippen LogP contribution in [0.15, 0.2) is 24.3 Å². The van der Waals surface area contributed by atoms with Crippen LogP contribution >= 0.6 is 23.2 Å². The second-order valence-electron chi connectivity index (χ2n) is 5.30. The van der Waals surface area contributed by atoms with Crippen LogP contribution in [0.5, 0.6) is 0 Å². The molecule has 1 atom stereocenters. The Bertz CT molecular complexity index is 563. The SMILES string of the molecule is CN(Cc1ccc(Cl)cc1)S(=O)(=O)N1CCCCC1CCl. The van der Waals surface area contributed by atoms with Crippen LogP contribution in [0.2, 0.25) is 5.02 Å². The summed E-state index contributed by atoms with van der Waals surface area (Å²) in [5, 5.41) is 0.641. The maximum Gasteiger partial charge on any atom is 0.282 e. The fourth-order valence-corrected chi connectivity index (χ4v) is 4.66. The van der Waals surface area contributed by atoms with Crippen LogP contribution in [-0.4, -0.2) is 42.5 Å². The van der Waals surface area contributed by atoms with Gasteiger partial charge >= 0.3 is 0 Å². The van der Waals surface area contributed by atoms with E-state index in [1.54, 1.807) is 23.5 Å². The molecular weight excluding hydrogens is 331 g/mol. The van der Waals surface area contributed by atoms with Crippen molar-refractivity contribution in [1.82, 2.24) is 8.61 Å². The standard InChI is InChI=1S/C14H20Cl2N2O2S/c1-17(11-12-5-7-13(16)8-6-12)21(19,20)18-9-3-2-4-14(18)10-15/h5-8,14H,2-4,9-11H2,1H3. The van der Waals surface area contributed by atoms with Gasteiger partial charge in [-0.1, -0.05) is 30.2 Å². The summed E-state index contributed by atoms with van der Waals surface area (Å²) in [5.41, 5.74) is 0.907. The van der Waals surface area contributed by atoms with E-state index >= 15 is 0 Å². The molecule has 1 saturated heterocycles. The summed E-state index contributed by atoms with van der Waals surface area (Å²) >= 11 is 11.8. The van der Waals surface area contributed by atoms with Gasteiger partial charge in [-0.15, -0.1) is 11.6 Å². The Morgan fingerprint density at radius 1 is 1.29 bits per heavy atom. The molecule has 1 heterocycles. The summed E-state index contributed by atoms with van der Waals surface area (Å²) in [7, 11) is -1.88. The molecule has 7 heteroatoms. The maximum absolute atomic E-state index is 12.7. The maximum atomic E-state index is 12.7. The molecule has 0 amide bonds. The number of halogens is 2. The van der Waals surface area contributed by atoms with Gasteiger partial charge in [0.2, 0.25) is 0 Å². The first-order valence-corrected chi connectivity index (χ1v) is 9.29. The van der Waals surface area contributed by atoms with Crippen LogP contribution in [0.1, 0.15) is 24.8 Å². The summed E-state index contributed by atoms with van der Waals surface area (Å²) in [6.45, 7) is 0.871. The number of hydrogen-bond donors (Lipinski definition) is 0. The normalized spacial score (nSPS) is 20.9. The Hall–Kier alpha value is -0.330. The van der Waals surface area contributed by atoms with Crippen molar-refractivity contribution in [1.29, 1.82) is 0 Å². The summed E-state index contributed by atoms with van der Waals surface area (Å²) < 4.78 is 28.3.